The fraction of sp³-hybridized carbons (Fsp3) is 1.00. The van der Waals surface area contributed by atoms with Gasteiger partial charge < -0.3 is 4.55 Å². The average Bonchev–Trinajstić information content (AvgIpc) is 2.39. The fourth-order valence-corrected chi connectivity index (χ4v) is 0.0505. The summed E-state index contributed by atoms with van der Waals surface area (Å²) < 4.78 is 138. The number of hydrogen-bond donors (Lipinski definition) is 0. The molecule has 0 saturated heterocycles. The zero-order valence-corrected chi connectivity index (χ0v) is 11.8. The Labute approximate surface area is 124 Å². The Bertz CT molecular complexity index is 260. The predicted octanol–water partition coefficient (Wildman–Crippen LogP) is 3.95. The van der Waals surface area contributed by atoms with Gasteiger partial charge in [0.2, 0.25) is 13.8 Å². The second kappa shape index (κ2) is 26.0. The smallest absolute Gasteiger partial charge is 0.416 e. The third kappa shape index (κ3) is 296. The lowest BCUT2D eigenvalue weighted by molar-refractivity contribution is -0.167. The molecule has 148 valence electrons. The standard InChI is InChI=1S/C3H6F2.C2H2F4.CH2F2O.CH2F2.FHO3S/c4-2-1-3-5;3-1-2(4,5)6;2-1-4-3;2-1-3;1-5(2,3)4/h1-3H2;1H2;1H2;1H2;(H,2,3,4)/p-1. The van der Waals surface area contributed by atoms with Crippen LogP contribution in [0.25, 0.3) is 0 Å². The summed E-state index contributed by atoms with van der Waals surface area (Å²) in [5.41, 5.74) is 0. The highest BCUT2D eigenvalue weighted by atomic mass is 32.3. The summed E-state index contributed by atoms with van der Waals surface area (Å²) in [6.45, 7) is -6.39. The van der Waals surface area contributed by atoms with Gasteiger partial charge in [0.25, 0.3) is 10.5 Å². The number of hydrogen-bond acceptors (Lipinski definition) is 4. The zero-order valence-electron chi connectivity index (χ0n) is 10.9. The Morgan fingerprint density at radius 1 is 0.913 bits per heavy atom. The molecule has 4 nitrogen and oxygen atoms in total. The molecule has 0 aromatic rings. The van der Waals surface area contributed by atoms with Crippen LogP contribution in [0.15, 0.2) is 0 Å². The van der Waals surface area contributed by atoms with Gasteiger partial charge >= 0.3 is 6.18 Å². The molecule has 0 spiro atoms. The van der Waals surface area contributed by atoms with Crippen molar-refractivity contribution < 1.29 is 65.8 Å². The van der Waals surface area contributed by atoms with Crippen molar-refractivity contribution in [1.82, 2.24) is 0 Å². The van der Waals surface area contributed by atoms with Crippen molar-refractivity contribution in [2.45, 2.75) is 12.6 Å². The van der Waals surface area contributed by atoms with Crippen LogP contribution in [-0.2, 0) is 15.4 Å². The first-order valence-corrected chi connectivity index (χ1v) is 5.93. The fourth-order valence-electron chi connectivity index (χ4n) is 0.0505. The van der Waals surface area contributed by atoms with E-state index >= 15 is 0 Å². The maximum Gasteiger partial charge on any atom is 0.416 e. The second-order valence-corrected chi connectivity index (χ2v) is 2.98. The van der Waals surface area contributed by atoms with Crippen LogP contribution in [0, 0.1) is 0 Å². The second-order valence-electron chi connectivity index (χ2n) is 2.19. The highest BCUT2D eigenvalue weighted by Crippen LogP contribution is 2.13. The average molecular weight is 401 g/mol. The van der Waals surface area contributed by atoms with E-state index < -0.39 is 50.5 Å². The van der Waals surface area contributed by atoms with Gasteiger partial charge in [0, 0.05) is 6.42 Å². The van der Waals surface area contributed by atoms with E-state index in [2.05, 4.69) is 4.94 Å². The van der Waals surface area contributed by atoms with Gasteiger partial charge in [-0.2, -0.15) is 18.1 Å². The Balaban J connectivity index is -0.0000000598. The van der Waals surface area contributed by atoms with Gasteiger partial charge in [-0.1, -0.05) is 0 Å². The quantitative estimate of drug-likeness (QED) is 0.408. The van der Waals surface area contributed by atoms with Crippen LogP contribution in [0.3, 0.4) is 0 Å². The van der Waals surface area contributed by atoms with Crippen molar-refractivity contribution in [2.24, 2.45) is 0 Å². The van der Waals surface area contributed by atoms with Gasteiger partial charge in [-0.25, -0.2) is 26.0 Å². The van der Waals surface area contributed by atoms with E-state index in [0.717, 1.165) is 0 Å². The lowest BCUT2D eigenvalue weighted by atomic mass is 10.5. The number of halogens is 11. The first-order chi connectivity index (χ1) is 10.3. The molecule has 0 aliphatic heterocycles. The molecule has 0 atom stereocenters. The van der Waals surface area contributed by atoms with Gasteiger partial charge in [0.1, 0.15) is 0 Å². The summed E-state index contributed by atoms with van der Waals surface area (Å²) in [6, 6.07) is 0. The Morgan fingerprint density at radius 3 is 1.09 bits per heavy atom. The molecule has 0 amide bonds. The number of rotatable bonds is 3. The molecule has 0 aliphatic carbocycles. The molecule has 0 aliphatic rings. The summed E-state index contributed by atoms with van der Waals surface area (Å²) in [6.07, 6.45) is -4.57. The normalized spacial score (nSPS) is 9.57. The van der Waals surface area contributed by atoms with E-state index in [1.165, 1.54) is 0 Å². The molecular formula is C7H12F11O4S-. The minimum atomic E-state index is -5.42. The Kier molecular flexibility index (Phi) is 38.1. The summed E-state index contributed by atoms with van der Waals surface area (Å²) in [7, 11) is -5.42. The lowest BCUT2D eigenvalue weighted by Gasteiger charge is -1.93. The van der Waals surface area contributed by atoms with Crippen molar-refractivity contribution in [3.63, 3.8) is 0 Å². The van der Waals surface area contributed by atoms with E-state index in [4.69, 9.17) is 13.0 Å². The molecule has 0 aromatic carbocycles. The van der Waals surface area contributed by atoms with Crippen LogP contribution in [0.4, 0.5) is 47.9 Å². The molecule has 0 unspecified atom stereocenters. The number of alkyl halides is 9. The maximum absolute atomic E-state index is 10.8. The Hall–Kier alpha value is -0.900. The Morgan fingerprint density at radius 2 is 1.09 bits per heavy atom. The van der Waals surface area contributed by atoms with Crippen LogP contribution in [0.5, 0.6) is 0 Å². The first-order valence-electron chi connectivity index (χ1n) is 4.62. The largest absolute Gasteiger partial charge is 0.722 e. The molecule has 0 fully saturated rings. The van der Waals surface area contributed by atoms with Crippen LogP contribution in [-0.4, -0.2) is 53.0 Å². The molecule has 0 N–H and O–H groups in total. The molecule has 0 rings (SSSR count). The van der Waals surface area contributed by atoms with Gasteiger partial charge in [0.05, 0.1) is 13.3 Å². The minimum Gasteiger partial charge on any atom is -0.722 e. The molecule has 0 saturated carbocycles. The first kappa shape index (κ1) is 33.6. The van der Waals surface area contributed by atoms with E-state index in [-0.39, 0.29) is 6.42 Å². The summed E-state index contributed by atoms with van der Waals surface area (Å²) in [4.78, 5) is 2.38. The van der Waals surface area contributed by atoms with Crippen molar-refractivity contribution in [2.75, 3.05) is 33.8 Å². The van der Waals surface area contributed by atoms with Crippen LogP contribution in [0.1, 0.15) is 6.42 Å². The van der Waals surface area contributed by atoms with Crippen molar-refractivity contribution in [3.8, 4) is 0 Å². The van der Waals surface area contributed by atoms with Crippen molar-refractivity contribution in [1.29, 1.82) is 0 Å². The lowest BCUT2D eigenvalue weighted by Crippen LogP contribution is -2.08. The van der Waals surface area contributed by atoms with Gasteiger partial charge in [-0.3, -0.25) is 8.78 Å². The molecule has 0 aromatic heterocycles. The van der Waals surface area contributed by atoms with E-state index in [0.29, 0.717) is 0 Å². The van der Waals surface area contributed by atoms with Crippen LogP contribution in [0.2, 0.25) is 0 Å². The van der Waals surface area contributed by atoms with Gasteiger partial charge in [-0.05, 0) is 4.53 Å². The van der Waals surface area contributed by atoms with E-state index in [9.17, 15) is 47.9 Å². The SMILES string of the molecule is FCC(F)(F)F.FCCCF.FCF.FCOF.O=S(=O)([O-])F. The third-order valence-corrected chi connectivity index (χ3v) is 0.460. The van der Waals surface area contributed by atoms with Crippen molar-refractivity contribution in [3.05, 3.63) is 0 Å². The summed E-state index contributed by atoms with van der Waals surface area (Å²) in [5.74, 6) is 0. The van der Waals surface area contributed by atoms with Gasteiger partial charge in [-0.15, -0.1) is 3.89 Å². The highest BCUT2D eigenvalue weighted by molar-refractivity contribution is 7.80. The maximum atomic E-state index is 10.8. The van der Waals surface area contributed by atoms with Crippen LogP contribution < -0.4 is 0 Å². The van der Waals surface area contributed by atoms with E-state index in [1.54, 1.807) is 0 Å². The highest BCUT2D eigenvalue weighted by Gasteiger charge is 2.26. The van der Waals surface area contributed by atoms with Crippen molar-refractivity contribution >= 4 is 10.5 Å². The van der Waals surface area contributed by atoms with E-state index in [1.807, 2.05) is 0 Å². The molecular weight excluding hydrogens is 389 g/mol. The third-order valence-electron chi connectivity index (χ3n) is 0.460. The zero-order chi connectivity index (χ0) is 19.9. The molecule has 0 radical (unpaired) electrons. The monoisotopic (exact) mass is 401 g/mol. The molecule has 0 bridgehead atoms. The van der Waals surface area contributed by atoms with Gasteiger partial charge in [0.15, 0.2) is 6.67 Å². The minimum absolute atomic E-state index is 0.0556. The molecule has 23 heavy (non-hydrogen) atoms. The summed E-state index contributed by atoms with van der Waals surface area (Å²) >= 11 is 0. The predicted molar refractivity (Wildman–Crippen MR) is 54.7 cm³/mol. The molecule has 16 heteroatoms. The topological polar surface area (TPSA) is 66.4 Å². The summed E-state index contributed by atoms with van der Waals surface area (Å²) in [5, 5.41) is 0. The van der Waals surface area contributed by atoms with Crippen LogP contribution >= 0.6 is 0 Å². The molecule has 0 heterocycles.